The van der Waals surface area contributed by atoms with Gasteiger partial charge in [-0.2, -0.15) is 0 Å². The maximum atomic E-state index is 5.84. The summed E-state index contributed by atoms with van der Waals surface area (Å²) in [7, 11) is 3.38. The molecule has 0 saturated heterocycles. The molecule has 98 valence electrons. The van der Waals surface area contributed by atoms with E-state index in [4.69, 9.17) is 21.1 Å². The lowest BCUT2D eigenvalue weighted by molar-refractivity contribution is 0.110. The minimum absolute atomic E-state index is 0.0406. The first-order chi connectivity index (χ1) is 8.24. The smallest absolute Gasteiger partial charge is 0.103 e. The number of methoxy groups -OCH3 is 2. The highest BCUT2D eigenvalue weighted by atomic mass is 35.5. The van der Waals surface area contributed by atoms with E-state index in [1.54, 1.807) is 14.2 Å². The SMILES string of the molecule is COCCCCn1nnc(CCl)c1C(C)OC. The Bertz CT molecular complexity index is 331. The molecule has 1 rings (SSSR count). The van der Waals surface area contributed by atoms with Crippen molar-refractivity contribution < 1.29 is 9.47 Å². The van der Waals surface area contributed by atoms with E-state index in [-0.39, 0.29) is 6.10 Å². The fourth-order valence-electron chi connectivity index (χ4n) is 1.68. The summed E-state index contributed by atoms with van der Waals surface area (Å²) in [4.78, 5) is 0. The predicted molar refractivity (Wildman–Crippen MR) is 66.1 cm³/mol. The zero-order chi connectivity index (χ0) is 12.7. The molecule has 1 aromatic heterocycles. The Kier molecular flexibility index (Phi) is 6.47. The molecule has 1 heterocycles. The van der Waals surface area contributed by atoms with E-state index in [1.807, 2.05) is 11.6 Å². The summed E-state index contributed by atoms with van der Waals surface area (Å²) in [5.41, 5.74) is 1.77. The fourth-order valence-corrected chi connectivity index (χ4v) is 1.87. The van der Waals surface area contributed by atoms with Crippen molar-refractivity contribution in [3.8, 4) is 0 Å². The topological polar surface area (TPSA) is 49.2 Å². The Labute approximate surface area is 107 Å². The molecule has 0 N–H and O–H groups in total. The van der Waals surface area contributed by atoms with Gasteiger partial charge in [0.2, 0.25) is 0 Å². The van der Waals surface area contributed by atoms with E-state index >= 15 is 0 Å². The molecule has 0 bridgehead atoms. The molecule has 6 heteroatoms. The molecule has 0 spiro atoms. The van der Waals surface area contributed by atoms with Crippen LogP contribution in [0.1, 0.15) is 37.3 Å². The van der Waals surface area contributed by atoms with Crippen LogP contribution >= 0.6 is 11.6 Å². The zero-order valence-corrected chi connectivity index (χ0v) is 11.4. The molecule has 17 heavy (non-hydrogen) atoms. The van der Waals surface area contributed by atoms with Gasteiger partial charge in [-0.1, -0.05) is 5.21 Å². The zero-order valence-electron chi connectivity index (χ0n) is 10.6. The van der Waals surface area contributed by atoms with Crippen LogP contribution in [-0.2, 0) is 21.9 Å². The standard InChI is InChI=1S/C11H20ClN3O2/c1-9(17-3)11-10(8-12)13-14-15(11)6-4-5-7-16-2/h9H,4-8H2,1-3H3. The molecule has 5 nitrogen and oxygen atoms in total. The Morgan fingerprint density at radius 2 is 2.12 bits per heavy atom. The van der Waals surface area contributed by atoms with Gasteiger partial charge >= 0.3 is 0 Å². The first-order valence-electron chi connectivity index (χ1n) is 5.74. The van der Waals surface area contributed by atoms with Gasteiger partial charge in [0.05, 0.1) is 17.7 Å². The molecular weight excluding hydrogens is 242 g/mol. The van der Waals surface area contributed by atoms with Crippen LogP contribution in [0, 0.1) is 0 Å². The highest BCUT2D eigenvalue weighted by Gasteiger charge is 2.17. The Hall–Kier alpha value is -0.650. The van der Waals surface area contributed by atoms with Gasteiger partial charge in [0.25, 0.3) is 0 Å². The second-order valence-electron chi connectivity index (χ2n) is 3.86. The van der Waals surface area contributed by atoms with Crippen LogP contribution in [0.15, 0.2) is 0 Å². The first-order valence-corrected chi connectivity index (χ1v) is 6.28. The van der Waals surface area contributed by atoms with Crippen LogP contribution < -0.4 is 0 Å². The number of nitrogens with zero attached hydrogens (tertiary/aromatic N) is 3. The average Bonchev–Trinajstić information content (AvgIpc) is 2.76. The van der Waals surface area contributed by atoms with Crippen molar-refractivity contribution in [2.45, 2.75) is 38.3 Å². The summed E-state index contributed by atoms with van der Waals surface area (Å²) >= 11 is 5.84. The first kappa shape index (κ1) is 14.4. The minimum Gasteiger partial charge on any atom is -0.385 e. The lowest BCUT2D eigenvalue weighted by Crippen LogP contribution is -2.11. The number of unbranched alkanes of at least 4 members (excludes halogenated alkanes) is 1. The van der Waals surface area contributed by atoms with E-state index in [0.717, 1.165) is 37.4 Å². The van der Waals surface area contributed by atoms with Gasteiger partial charge in [0.15, 0.2) is 0 Å². The largest absolute Gasteiger partial charge is 0.385 e. The van der Waals surface area contributed by atoms with Gasteiger partial charge in [0, 0.05) is 27.4 Å². The van der Waals surface area contributed by atoms with Crippen molar-refractivity contribution in [1.29, 1.82) is 0 Å². The molecule has 0 aliphatic rings. The minimum atomic E-state index is -0.0406. The lowest BCUT2D eigenvalue weighted by Gasteiger charge is -2.13. The van der Waals surface area contributed by atoms with E-state index in [2.05, 4.69) is 10.3 Å². The van der Waals surface area contributed by atoms with Crippen molar-refractivity contribution in [1.82, 2.24) is 15.0 Å². The Morgan fingerprint density at radius 1 is 1.35 bits per heavy atom. The van der Waals surface area contributed by atoms with Crippen LogP contribution in [-0.4, -0.2) is 35.8 Å². The summed E-state index contributed by atoms with van der Waals surface area (Å²) in [6, 6.07) is 0. The Morgan fingerprint density at radius 3 is 2.71 bits per heavy atom. The molecule has 0 aromatic carbocycles. The van der Waals surface area contributed by atoms with Gasteiger partial charge < -0.3 is 9.47 Å². The number of ether oxygens (including phenoxy) is 2. The van der Waals surface area contributed by atoms with Gasteiger partial charge in [-0.3, -0.25) is 0 Å². The van der Waals surface area contributed by atoms with E-state index in [0.29, 0.717) is 5.88 Å². The molecular formula is C11H20ClN3O2. The van der Waals surface area contributed by atoms with E-state index < -0.39 is 0 Å². The van der Waals surface area contributed by atoms with Gasteiger partial charge in [0.1, 0.15) is 5.69 Å². The maximum absolute atomic E-state index is 5.84. The second-order valence-corrected chi connectivity index (χ2v) is 4.12. The second kappa shape index (κ2) is 7.63. The molecule has 0 aliphatic carbocycles. The third-order valence-corrected chi connectivity index (χ3v) is 2.93. The summed E-state index contributed by atoms with van der Waals surface area (Å²) in [6.45, 7) is 3.56. The van der Waals surface area contributed by atoms with Crippen LogP contribution in [0.3, 0.4) is 0 Å². The number of rotatable bonds is 8. The van der Waals surface area contributed by atoms with Crippen molar-refractivity contribution in [3.05, 3.63) is 11.4 Å². The number of hydrogen-bond donors (Lipinski definition) is 0. The molecule has 0 radical (unpaired) electrons. The van der Waals surface area contributed by atoms with Crippen molar-refractivity contribution >= 4 is 11.6 Å². The van der Waals surface area contributed by atoms with Crippen LogP contribution in [0.4, 0.5) is 0 Å². The lowest BCUT2D eigenvalue weighted by atomic mass is 10.2. The normalized spacial score (nSPS) is 12.9. The fraction of sp³-hybridized carbons (Fsp3) is 0.818. The summed E-state index contributed by atoms with van der Waals surface area (Å²) in [5, 5.41) is 8.19. The number of aromatic nitrogens is 3. The number of halogens is 1. The summed E-state index contributed by atoms with van der Waals surface area (Å²) in [6.07, 6.45) is 1.97. The average molecular weight is 262 g/mol. The van der Waals surface area contributed by atoms with Crippen molar-refractivity contribution in [2.75, 3.05) is 20.8 Å². The monoisotopic (exact) mass is 261 g/mol. The van der Waals surface area contributed by atoms with Crippen LogP contribution in [0.5, 0.6) is 0 Å². The highest BCUT2D eigenvalue weighted by molar-refractivity contribution is 6.16. The predicted octanol–water partition coefficient (Wildman–Crippen LogP) is 2.15. The number of aryl methyl sites for hydroxylation is 1. The molecule has 1 atom stereocenters. The van der Waals surface area contributed by atoms with Crippen molar-refractivity contribution in [3.63, 3.8) is 0 Å². The number of alkyl halides is 1. The molecule has 0 fully saturated rings. The summed E-state index contributed by atoms with van der Waals surface area (Å²) in [5.74, 6) is 0.362. The van der Waals surface area contributed by atoms with Crippen LogP contribution in [0.2, 0.25) is 0 Å². The molecule has 1 aromatic rings. The molecule has 0 saturated carbocycles. The quantitative estimate of drug-likeness (QED) is 0.531. The highest BCUT2D eigenvalue weighted by Crippen LogP contribution is 2.20. The molecule has 0 amide bonds. The van der Waals surface area contributed by atoms with Gasteiger partial charge in [-0.25, -0.2) is 4.68 Å². The van der Waals surface area contributed by atoms with E-state index in [9.17, 15) is 0 Å². The third kappa shape index (κ3) is 3.94. The van der Waals surface area contributed by atoms with Crippen LogP contribution in [0.25, 0.3) is 0 Å². The third-order valence-electron chi connectivity index (χ3n) is 2.68. The van der Waals surface area contributed by atoms with Gasteiger partial charge in [-0.05, 0) is 19.8 Å². The number of hydrogen-bond acceptors (Lipinski definition) is 4. The van der Waals surface area contributed by atoms with E-state index in [1.165, 1.54) is 0 Å². The van der Waals surface area contributed by atoms with Crippen molar-refractivity contribution in [2.24, 2.45) is 0 Å². The molecule has 1 unspecified atom stereocenters. The molecule has 0 aliphatic heterocycles. The van der Waals surface area contributed by atoms with Gasteiger partial charge in [-0.15, -0.1) is 16.7 Å². The Balaban J connectivity index is 2.67. The summed E-state index contributed by atoms with van der Waals surface area (Å²) < 4.78 is 12.2. The maximum Gasteiger partial charge on any atom is 0.103 e.